The van der Waals surface area contributed by atoms with E-state index < -0.39 is 6.43 Å². The van der Waals surface area contributed by atoms with Crippen LogP contribution in [0.1, 0.15) is 59.2 Å². The molecule has 8 heteroatoms. The van der Waals surface area contributed by atoms with E-state index in [-0.39, 0.29) is 23.2 Å². The van der Waals surface area contributed by atoms with E-state index in [1.54, 1.807) is 29.2 Å². The Balaban J connectivity index is 1.55. The highest BCUT2D eigenvalue weighted by Crippen LogP contribution is 2.35. The van der Waals surface area contributed by atoms with Gasteiger partial charge in [-0.15, -0.1) is 0 Å². The van der Waals surface area contributed by atoms with E-state index in [1.807, 2.05) is 20.0 Å². The molecule has 3 heterocycles. The number of alkyl halides is 2. The normalized spacial score (nSPS) is 18.6. The third-order valence-corrected chi connectivity index (χ3v) is 7.04. The van der Waals surface area contributed by atoms with Gasteiger partial charge in [0.15, 0.2) is 5.78 Å². The van der Waals surface area contributed by atoms with Crippen molar-refractivity contribution in [1.82, 2.24) is 20.1 Å². The number of nitrogens with one attached hydrogen (secondary N) is 1. The van der Waals surface area contributed by atoms with Gasteiger partial charge in [-0.3, -0.25) is 14.5 Å². The first-order chi connectivity index (χ1) is 15.9. The van der Waals surface area contributed by atoms with Crippen molar-refractivity contribution in [2.24, 2.45) is 13.0 Å². The van der Waals surface area contributed by atoms with Gasteiger partial charge >= 0.3 is 0 Å². The van der Waals surface area contributed by atoms with Crippen molar-refractivity contribution in [1.29, 1.82) is 0 Å². The molecule has 174 valence electrons. The van der Waals surface area contributed by atoms with Gasteiger partial charge in [0.05, 0.1) is 16.4 Å². The zero-order chi connectivity index (χ0) is 23.5. The minimum absolute atomic E-state index is 0.0265. The number of nitrogens with zero attached hydrogens (tertiary/aromatic N) is 3. The summed E-state index contributed by atoms with van der Waals surface area (Å²) in [7, 11) is 1.87. The van der Waals surface area contributed by atoms with Crippen molar-refractivity contribution in [2.75, 3.05) is 13.1 Å². The van der Waals surface area contributed by atoms with E-state index in [9.17, 15) is 13.6 Å². The van der Waals surface area contributed by atoms with Crippen LogP contribution in [-0.4, -0.2) is 33.6 Å². The van der Waals surface area contributed by atoms with Gasteiger partial charge in [0.1, 0.15) is 5.69 Å². The smallest absolute Gasteiger partial charge is 0.263 e. The predicted octanol–water partition coefficient (Wildman–Crippen LogP) is 5.71. The van der Waals surface area contributed by atoms with E-state index in [2.05, 4.69) is 31.3 Å². The maximum atomic E-state index is 13.2. The average Bonchev–Trinajstić information content (AvgIpc) is 3.16. The minimum atomic E-state index is -2.47. The lowest BCUT2D eigenvalue weighted by molar-refractivity contribution is 0.0945. The summed E-state index contributed by atoms with van der Waals surface area (Å²) < 4.78 is 28.5. The van der Waals surface area contributed by atoms with Crippen LogP contribution in [0.2, 0.25) is 0 Å². The molecule has 33 heavy (non-hydrogen) atoms. The van der Waals surface area contributed by atoms with Gasteiger partial charge in [0, 0.05) is 30.8 Å². The first-order valence-electron chi connectivity index (χ1n) is 11.2. The fourth-order valence-electron chi connectivity index (χ4n) is 4.64. The number of carbonyl (C=O) groups excluding carboxylic acids is 1. The summed E-state index contributed by atoms with van der Waals surface area (Å²) in [6, 6.07) is 8.49. The molecule has 1 aliphatic rings. The van der Waals surface area contributed by atoms with Crippen LogP contribution in [0.4, 0.5) is 8.78 Å². The number of carbonyl (C=O) groups is 1. The standard InChI is InChI=1S/C25H27BrF2N4O/c1-3-15-10-19(13-30-23(15)24-21(26)14-31-32(24)2)22(33)11-18-12-29-9-8-20(18)16-4-6-17(7-5-16)25(27)28/h4-7,10,13-14,18,20,25,29H,3,8-9,11-12H2,1-2H3/t18-,20?/m0/s1. The van der Waals surface area contributed by atoms with E-state index in [1.165, 1.54) is 12.1 Å². The molecule has 0 amide bonds. The number of halogens is 3. The second kappa shape index (κ2) is 10.2. The molecule has 4 rings (SSSR count). The van der Waals surface area contributed by atoms with Crippen LogP contribution >= 0.6 is 15.9 Å². The maximum Gasteiger partial charge on any atom is 0.263 e. The summed E-state index contributed by atoms with van der Waals surface area (Å²) in [6.07, 6.45) is 2.91. The molecule has 1 aromatic carbocycles. The van der Waals surface area contributed by atoms with E-state index in [4.69, 9.17) is 0 Å². The molecule has 0 saturated carbocycles. The molecule has 1 aliphatic heterocycles. The molecule has 2 atom stereocenters. The van der Waals surface area contributed by atoms with Crippen LogP contribution in [0.15, 0.2) is 47.2 Å². The highest BCUT2D eigenvalue weighted by molar-refractivity contribution is 9.10. The number of piperidine rings is 1. The van der Waals surface area contributed by atoms with Gasteiger partial charge in [-0.2, -0.15) is 5.10 Å². The number of benzene rings is 1. The fraction of sp³-hybridized carbons (Fsp3) is 0.400. The lowest BCUT2D eigenvalue weighted by Gasteiger charge is -2.32. The van der Waals surface area contributed by atoms with Crippen LogP contribution in [0.25, 0.3) is 11.4 Å². The highest BCUT2D eigenvalue weighted by atomic mass is 79.9. The van der Waals surface area contributed by atoms with Gasteiger partial charge in [-0.1, -0.05) is 31.2 Å². The topological polar surface area (TPSA) is 59.8 Å². The zero-order valence-corrected chi connectivity index (χ0v) is 20.3. The number of aryl methyl sites for hydroxylation is 2. The number of aromatic nitrogens is 3. The third-order valence-electron chi connectivity index (χ3n) is 6.46. The van der Waals surface area contributed by atoms with Gasteiger partial charge in [-0.25, -0.2) is 8.78 Å². The monoisotopic (exact) mass is 516 g/mol. The van der Waals surface area contributed by atoms with Crippen LogP contribution < -0.4 is 5.32 Å². The lowest BCUT2D eigenvalue weighted by Crippen LogP contribution is -2.36. The molecular formula is C25H27BrF2N4O. The van der Waals surface area contributed by atoms with Crippen LogP contribution in [0, 0.1) is 5.92 Å². The number of rotatable bonds is 7. The molecule has 5 nitrogen and oxygen atoms in total. The van der Waals surface area contributed by atoms with Crippen LogP contribution in [-0.2, 0) is 13.5 Å². The molecule has 1 saturated heterocycles. The molecule has 0 aliphatic carbocycles. The Kier molecular flexibility index (Phi) is 7.34. The number of ketones is 1. The highest BCUT2D eigenvalue weighted by Gasteiger charge is 2.29. The molecule has 1 unspecified atom stereocenters. The molecule has 0 radical (unpaired) electrons. The van der Waals surface area contributed by atoms with Crippen LogP contribution in [0.3, 0.4) is 0 Å². The van der Waals surface area contributed by atoms with Crippen molar-refractivity contribution in [3.05, 3.63) is 69.5 Å². The lowest BCUT2D eigenvalue weighted by atomic mass is 9.78. The summed E-state index contributed by atoms with van der Waals surface area (Å²) >= 11 is 3.53. The van der Waals surface area contributed by atoms with Gasteiger partial charge in [-0.05, 0) is 70.9 Å². The zero-order valence-electron chi connectivity index (χ0n) is 18.7. The first-order valence-corrected chi connectivity index (χ1v) is 12.0. The van der Waals surface area contributed by atoms with Crippen LogP contribution in [0.5, 0.6) is 0 Å². The largest absolute Gasteiger partial charge is 0.316 e. The quantitative estimate of drug-likeness (QED) is 0.408. The molecule has 3 aromatic rings. The summed E-state index contributed by atoms with van der Waals surface area (Å²) in [5.74, 6) is 0.306. The van der Waals surface area contributed by atoms with E-state index >= 15 is 0 Å². The molecule has 1 N–H and O–H groups in total. The Morgan fingerprint density at radius 3 is 2.67 bits per heavy atom. The number of Topliss-reactive ketones (excluding diaryl/α,β-unsaturated/α-hetero) is 1. The Labute approximate surface area is 200 Å². The van der Waals surface area contributed by atoms with Crippen molar-refractivity contribution in [3.8, 4) is 11.4 Å². The van der Waals surface area contributed by atoms with Gasteiger partial charge in [0.25, 0.3) is 6.43 Å². The molecule has 1 fully saturated rings. The third kappa shape index (κ3) is 5.06. The molecule has 0 spiro atoms. The second-order valence-corrected chi connectivity index (χ2v) is 9.36. The Bertz CT molecular complexity index is 1110. The average molecular weight is 517 g/mol. The summed E-state index contributed by atoms with van der Waals surface area (Å²) in [5, 5.41) is 7.65. The summed E-state index contributed by atoms with van der Waals surface area (Å²) in [6.45, 7) is 3.62. The van der Waals surface area contributed by atoms with E-state index in [0.717, 1.165) is 52.9 Å². The number of pyridine rings is 1. The van der Waals surface area contributed by atoms with Crippen molar-refractivity contribution in [3.63, 3.8) is 0 Å². The predicted molar refractivity (Wildman–Crippen MR) is 128 cm³/mol. The van der Waals surface area contributed by atoms with Crippen molar-refractivity contribution >= 4 is 21.7 Å². The fourth-order valence-corrected chi connectivity index (χ4v) is 5.18. The maximum absolute atomic E-state index is 13.2. The van der Waals surface area contributed by atoms with Crippen molar-refractivity contribution in [2.45, 2.75) is 38.5 Å². The Hall–Kier alpha value is -2.45. The minimum Gasteiger partial charge on any atom is -0.316 e. The van der Waals surface area contributed by atoms with E-state index in [0.29, 0.717) is 12.0 Å². The van der Waals surface area contributed by atoms with Gasteiger partial charge < -0.3 is 5.32 Å². The second-order valence-electron chi connectivity index (χ2n) is 8.50. The number of hydrogen-bond donors (Lipinski definition) is 1. The van der Waals surface area contributed by atoms with Gasteiger partial charge in [0.2, 0.25) is 0 Å². The SMILES string of the molecule is CCc1cc(C(=O)C[C@H]2CNCCC2c2ccc(C(F)F)cc2)cnc1-c1c(Br)cnn1C. The first kappa shape index (κ1) is 23.7. The number of hydrogen-bond acceptors (Lipinski definition) is 4. The molecule has 2 aromatic heterocycles. The molecular weight excluding hydrogens is 490 g/mol. The summed E-state index contributed by atoms with van der Waals surface area (Å²) in [5.41, 5.74) is 4.34. The van der Waals surface area contributed by atoms with Crippen molar-refractivity contribution < 1.29 is 13.6 Å². The Morgan fingerprint density at radius 2 is 2.03 bits per heavy atom. The Morgan fingerprint density at radius 1 is 1.27 bits per heavy atom. The molecule has 0 bridgehead atoms. The summed E-state index contributed by atoms with van der Waals surface area (Å²) in [4.78, 5) is 17.9.